The van der Waals surface area contributed by atoms with Crippen LogP contribution < -0.4 is 0 Å². The van der Waals surface area contributed by atoms with E-state index in [1.165, 1.54) is 0 Å². The Hall–Kier alpha value is -1.43. The van der Waals surface area contributed by atoms with Crippen molar-refractivity contribution in [2.24, 2.45) is 0 Å². The molecule has 0 radical (unpaired) electrons. The molecular formula is C14H20N2O3S. The van der Waals surface area contributed by atoms with Crippen LogP contribution in [0.15, 0.2) is 21.2 Å². The Labute approximate surface area is 121 Å². The van der Waals surface area contributed by atoms with E-state index in [4.69, 9.17) is 8.94 Å². The smallest absolute Gasteiger partial charge is 0.209 e. The zero-order chi connectivity index (χ0) is 14.9. The zero-order valence-corrected chi connectivity index (χ0v) is 13.3. The second-order valence-corrected chi connectivity index (χ2v) is 7.67. The normalized spacial score (nSPS) is 15.2. The van der Waals surface area contributed by atoms with E-state index in [-0.39, 0.29) is 10.7 Å². The molecule has 0 aliphatic carbocycles. The summed E-state index contributed by atoms with van der Waals surface area (Å²) in [5.41, 5.74) is 0.589. The highest BCUT2D eigenvalue weighted by molar-refractivity contribution is 7.84. The molecule has 2 aromatic rings. The number of aromatic nitrogens is 2. The van der Waals surface area contributed by atoms with Gasteiger partial charge in [-0.25, -0.2) is 4.98 Å². The maximum Gasteiger partial charge on any atom is 0.209 e. The Morgan fingerprint density at radius 3 is 2.60 bits per heavy atom. The summed E-state index contributed by atoms with van der Waals surface area (Å²) in [6, 6.07) is 1.79. The van der Waals surface area contributed by atoms with E-state index < -0.39 is 10.8 Å². The van der Waals surface area contributed by atoms with Crippen LogP contribution in [-0.2, 0) is 22.0 Å². The molecule has 0 N–H and O–H groups in total. The topological polar surface area (TPSA) is 69.1 Å². The summed E-state index contributed by atoms with van der Waals surface area (Å²) in [4.78, 5) is 4.25. The lowest BCUT2D eigenvalue weighted by Crippen LogP contribution is -2.09. The SMILES string of the molecule is Cc1cc(C[S@@](=O)[C@@H](C)c2ncc(C(C)(C)C)o2)no1. The molecule has 2 atom stereocenters. The van der Waals surface area contributed by atoms with Crippen LogP contribution in [0.5, 0.6) is 0 Å². The van der Waals surface area contributed by atoms with Gasteiger partial charge in [-0.15, -0.1) is 0 Å². The van der Waals surface area contributed by atoms with Gasteiger partial charge in [0.25, 0.3) is 0 Å². The summed E-state index contributed by atoms with van der Waals surface area (Å²) >= 11 is 0. The monoisotopic (exact) mass is 296 g/mol. The Morgan fingerprint density at radius 2 is 2.10 bits per heavy atom. The van der Waals surface area contributed by atoms with Gasteiger partial charge >= 0.3 is 0 Å². The Kier molecular flexibility index (Phi) is 4.13. The summed E-state index contributed by atoms with van der Waals surface area (Å²) < 4.78 is 23.0. The number of hydrogen-bond donors (Lipinski definition) is 0. The highest BCUT2D eigenvalue weighted by atomic mass is 32.2. The Bertz CT molecular complexity index is 610. The van der Waals surface area contributed by atoms with Crippen LogP contribution in [0.25, 0.3) is 0 Å². The third-order valence-corrected chi connectivity index (χ3v) is 4.54. The quantitative estimate of drug-likeness (QED) is 0.866. The van der Waals surface area contributed by atoms with Crippen molar-refractivity contribution in [1.29, 1.82) is 0 Å². The molecule has 0 unspecified atom stereocenters. The van der Waals surface area contributed by atoms with E-state index in [1.807, 2.05) is 13.8 Å². The number of nitrogens with zero attached hydrogens (tertiary/aromatic N) is 2. The third-order valence-electron chi connectivity index (χ3n) is 2.97. The maximum absolute atomic E-state index is 12.3. The second-order valence-electron chi connectivity index (χ2n) is 5.91. The predicted octanol–water partition coefficient (Wildman–Crippen LogP) is 3.28. The van der Waals surface area contributed by atoms with Crippen LogP contribution in [0.1, 0.15) is 56.1 Å². The minimum absolute atomic E-state index is 0.102. The third kappa shape index (κ3) is 3.36. The first-order valence-corrected chi connectivity index (χ1v) is 7.91. The summed E-state index contributed by atoms with van der Waals surface area (Å²) in [5, 5.41) is 3.58. The van der Waals surface area contributed by atoms with Gasteiger partial charge in [-0.1, -0.05) is 25.9 Å². The maximum atomic E-state index is 12.3. The number of aryl methyl sites for hydroxylation is 1. The van der Waals surface area contributed by atoms with E-state index in [2.05, 4.69) is 30.9 Å². The van der Waals surface area contributed by atoms with Crippen molar-refractivity contribution in [3.8, 4) is 0 Å². The molecule has 0 aliphatic heterocycles. The first-order chi connectivity index (χ1) is 9.27. The predicted molar refractivity (Wildman–Crippen MR) is 76.7 cm³/mol. The van der Waals surface area contributed by atoms with Gasteiger partial charge in [-0.2, -0.15) is 0 Å². The zero-order valence-electron chi connectivity index (χ0n) is 12.5. The van der Waals surface area contributed by atoms with Crippen LogP contribution >= 0.6 is 0 Å². The molecule has 6 heteroatoms. The van der Waals surface area contributed by atoms with Crippen molar-refractivity contribution >= 4 is 10.8 Å². The fraction of sp³-hybridized carbons (Fsp3) is 0.571. The van der Waals surface area contributed by atoms with Crippen molar-refractivity contribution in [2.75, 3.05) is 0 Å². The van der Waals surface area contributed by atoms with Gasteiger partial charge in [-0.3, -0.25) is 4.21 Å². The highest BCUT2D eigenvalue weighted by Crippen LogP contribution is 2.27. The fourth-order valence-electron chi connectivity index (χ4n) is 1.69. The molecule has 0 bridgehead atoms. The van der Waals surface area contributed by atoms with Gasteiger partial charge in [0.15, 0.2) is 0 Å². The van der Waals surface area contributed by atoms with Crippen LogP contribution in [0.2, 0.25) is 0 Å². The molecule has 0 saturated carbocycles. The van der Waals surface area contributed by atoms with Crippen molar-refractivity contribution in [3.05, 3.63) is 35.4 Å². The van der Waals surface area contributed by atoms with Gasteiger partial charge in [0.05, 0.1) is 17.6 Å². The molecule has 2 heterocycles. The second kappa shape index (κ2) is 5.52. The minimum Gasteiger partial charge on any atom is -0.444 e. The first-order valence-electron chi connectivity index (χ1n) is 6.53. The van der Waals surface area contributed by atoms with E-state index in [9.17, 15) is 4.21 Å². The van der Waals surface area contributed by atoms with Gasteiger partial charge in [-0.05, 0) is 13.8 Å². The van der Waals surface area contributed by atoms with Gasteiger partial charge in [0.2, 0.25) is 5.89 Å². The lowest BCUT2D eigenvalue weighted by molar-refractivity contribution is 0.382. The molecule has 0 aliphatic rings. The standard InChI is InChI=1S/C14H20N2O3S/c1-9-6-11(16-19-9)8-20(17)10(2)13-15-7-12(18-13)14(3,4)5/h6-7,10H,8H2,1-5H3/t10-,20+/m0/s1. The lowest BCUT2D eigenvalue weighted by Gasteiger charge is -2.13. The van der Waals surface area contributed by atoms with Crippen molar-refractivity contribution in [3.63, 3.8) is 0 Å². The van der Waals surface area contributed by atoms with E-state index in [0.717, 1.165) is 11.5 Å². The van der Waals surface area contributed by atoms with Crippen LogP contribution in [0, 0.1) is 6.92 Å². The molecule has 2 rings (SSSR count). The molecule has 110 valence electrons. The molecule has 0 saturated heterocycles. The van der Waals surface area contributed by atoms with Crippen molar-refractivity contribution < 1.29 is 13.1 Å². The average Bonchev–Trinajstić information content (AvgIpc) is 2.96. The van der Waals surface area contributed by atoms with Crippen LogP contribution in [-0.4, -0.2) is 14.3 Å². The molecule has 0 amide bonds. The summed E-state index contributed by atoms with van der Waals surface area (Å²) in [6.07, 6.45) is 1.71. The molecule has 0 fully saturated rings. The molecule has 0 spiro atoms. The van der Waals surface area contributed by atoms with Gasteiger partial charge in [0, 0.05) is 22.3 Å². The Balaban J connectivity index is 2.08. The highest BCUT2D eigenvalue weighted by Gasteiger charge is 2.24. The van der Waals surface area contributed by atoms with Gasteiger partial charge < -0.3 is 8.94 Å². The van der Waals surface area contributed by atoms with Crippen LogP contribution in [0.3, 0.4) is 0 Å². The molecule has 2 aromatic heterocycles. The summed E-state index contributed by atoms with van der Waals surface area (Å²) in [7, 11) is -1.15. The van der Waals surface area contributed by atoms with E-state index >= 15 is 0 Å². The molecule has 5 nitrogen and oxygen atoms in total. The Morgan fingerprint density at radius 1 is 1.40 bits per heavy atom. The minimum atomic E-state index is -1.15. The van der Waals surface area contributed by atoms with Gasteiger partial charge in [0.1, 0.15) is 16.8 Å². The number of oxazole rings is 1. The first kappa shape index (κ1) is 15.0. The van der Waals surface area contributed by atoms with E-state index in [0.29, 0.717) is 17.3 Å². The fourth-order valence-corrected chi connectivity index (χ4v) is 2.70. The van der Waals surface area contributed by atoms with E-state index in [1.54, 1.807) is 12.3 Å². The summed E-state index contributed by atoms with van der Waals surface area (Å²) in [5.74, 6) is 2.36. The van der Waals surface area contributed by atoms with Crippen molar-refractivity contribution in [1.82, 2.24) is 10.1 Å². The average molecular weight is 296 g/mol. The molecule has 20 heavy (non-hydrogen) atoms. The largest absolute Gasteiger partial charge is 0.444 e. The number of hydrogen-bond acceptors (Lipinski definition) is 5. The molecular weight excluding hydrogens is 276 g/mol. The lowest BCUT2D eigenvalue weighted by atomic mass is 9.94. The summed E-state index contributed by atoms with van der Waals surface area (Å²) in [6.45, 7) is 9.82. The van der Waals surface area contributed by atoms with Crippen molar-refractivity contribution in [2.45, 2.75) is 51.0 Å². The molecule has 0 aromatic carbocycles. The number of rotatable bonds is 4. The van der Waals surface area contributed by atoms with Crippen LogP contribution in [0.4, 0.5) is 0 Å².